The summed E-state index contributed by atoms with van der Waals surface area (Å²) >= 11 is 1.44. The standard InChI is InChI=1S/C13H21N3O3S/c1-8(2)7-9(10(17)18)15-12(19)16-13(3,4)11-14-5-6-20-11/h5-6,8-9H,7H2,1-4H3,(H,17,18)(H2,15,16,19). The molecule has 6 nitrogen and oxygen atoms in total. The summed E-state index contributed by atoms with van der Waals surface area (Å²) in [6.07, 6.45) is 2.06. The maximum Gasteiger partial charge on any atom is 0.326 e. The molecule has 112 valence electrons. The van der Waals surface area contributed by atoms with Crippen LogP contribution < -0.4 is 10.6 Å². The number of urea groups is 1. The molecule has 20 heavy (non-hydrogen) atoms. The molecule has 1 aromatic rings. The molecule has 7 heteroatoms. The Kier molecular flexibility index (Phi) is 5.50. The Morgan fingerprint density at radius 1 is 1.45 bits per heavy atom. The van der Waals surface area contributed by atoms with Crippen molar-refractivity contribution in [1.82, 2.24) is 15.6 Å². The van der Waals surface area contributed by atoms with Crippen LogP contribution in [-0.4, -0.2) is 28.1 Å². The largest absolute Gasteiger partial charge is 0.480 e. The number of aromatic nitrogens is 1. The molecule has 3 N–H and O–H groups in total. The first kappa shape index (κ1) is 16.4. The molecule has 0 saturated carbocycles. The molecule has 2 amide bonds. The lowest BCUT2D eigenvalue weighted by Gasteiger charge is -2.25. The van der Waals surface area contributed by atoms with Gasteiger partial charge < -0.3 is 15.7 Å². The van der Waals surface area contributed by atoms with Crippen LogP contribution in [0.3, 0.4) is 0 Å². The average Bonchev–Trinajstić information content (AvgIpc) is 2.80. The van der Waals surface area contributed by atoms with Crippen molar-refractivity contribution >= 4 is 23.3 Å². The van der Waals surface area contributed by atoms with E-state index in [4.69, 9.17) is 5.11 Å². The van der Waals surface area contributed by atoms with Crippen molar-refractivity contribution in [3.05, 3.63) is 16.6 Å². The Bertz CT molecular complexity index is 457. The molecule has 0 bridgehead atoms. The third-order valence-corrected chi connectivity index (χ3v) is 3.80. The van der Waals surface area contributed by atoms with Gasteiger partial charge in [-0.05, 0) is 26.2 Å². The van der Waals surface area contributed by atoms with Gasteiger partial charge in [0.1, 0.15) is 11.0 Å². The van der Waals surface area contributed by atoms with Crippen molar-refractivity contribution < 1.29 is 14.7 Å². The number of nitrogens with zero attached hydrogens (tertiary/aromatic N) is 1. The molecular formula is C13H21N3O3S. The van der Waals surface area contributed by atoms with Crippen LogP contribution in [0.15, 0.2) is 11.6 Å². The molecule has 1 rings (SSSR count). The number of aliphatic carboxylic acids is 1. The summed E-state index contributed by atoms with van der Waals surface area (Å²) in [5.74, 6) is -0.843. The summed E-state index contributed by atoms with van der Waals surface area (Å²) in [5.41, 5.74) is -0.640. The highest BCUT2D eigenvalue weighted by Crippen LogP contribution is 2.21. The first-order chi connectivity index (χ1) is 9.22. The fraction of sp³-hybridized carbons (Fsp3) is 0.615. The number of carbonyl (C=O) groups excluding carboxylic acids is 1. The number of carboxylic acid groups (broad SMARTS) is 1. The van der Waals surface area contributed by atoms with Crippen molar-refractivity contribution in [1.29, 1.82) is 0 Å². The fourth-order valence-electron chi connectivity index (χ4n) is 1.76. The molecular weight excluding hydrogens is 278 g/mol. The van der Waals surface area contributed by atoms with Crippen LogP contribution in [0.25, 0.3) is 0 Å². The number of hydrogen-bond acceptors (Lipinski definition) is 4. The second-order valence-electron chi connectivity index (χ2n) is 5.58. The molecule has 0 spiro atoms. The van der Waals surface area contributed by atoms with Gasteiger partial charge in [0.25, 0.3) is 0 Å². The van der Waals surface area contributed by atoms with Crippen molar-refractivity contribution in [2.75, 3.05) is 0 Å². The number of thiazole rings is 1. The third-order valence-electron chi connectivity index (χ3n) is 2.70. The Balaban J connectivity index is 2.64. The zero-order chi connectivity index (χ0) is 15.3. The maximum atomic E-state index is 11.9. The molecule has 0 aliphatic heterocycles. The van der Waals surface area contributed by atoms with E-state index in [1.165, 1.54) is 11.3 Å². The van der Waals surface area contributed by atoms with Gasteiger partial charge in [-0.15, -0.1) is 11.3 Å². The smallest absolute Gasteiger partial charge is 0.326 e. The molecule has 0 fully saturated rings. The van der Waals surface area contributed by atoms with E-state index in [0.29, 0.717) is 6.42 Å². The van der Waals surface area contributed by atoms with Crippen LogP contribution in [0.5, 0.6) is 0 Å². The molecule has 1 aromatic heterocycles. The topological polar surface area (TPSA) is 91.3 Å². The van der Waals surface area contributed by atoms with Gasteiger partial charge in [-0.25, -0.2) is 14.6 Å². The summed E-state index contributed by atoms with van der Waals surface area (Å²) in [7, 11) is 0. The van der Waals surface area contributed by atoms with Crippen LogP contribution in [-0.2, 0) is 10.3 Å². The number of hydrogen-bond donors (Lipinski definition) is 3. The number of carbonyl (C=O) groups is 2. The Hall–Kier alpha value is -1.63. The van der Waals surface area contributed by atoms with E-state index in [1.54, 1.807) is 6.20 Å². The normalized spacial score (nSPS) is 13.1. The van der Waals surface area contributed by atoms with Gasteiger partial charge in [-0.2, -0.15) is 0 Å². The summed E-state index contributed by atoms with van der Waals surface area (Å²) < 4.78 is 0. The van der Waals surface area contributed by atoms with E-state index in [0.717, 1.165) is 5.01 Å². The summed E-state index contributed by atoms with van der Waals surface area (Å²) in [4.78, 5) is 27.2. The summed E-state index contributed by atoms with van der Waals surface area (Å²) in [5, 5.41) is 16.9. The van der Waals surface area contributed by atoms with E-state index in [9.17, 15) is 9.59 Å². The van der Waals surface area contributed by atoms with Gasteiger partial charge in [-0.3, -0.25) is 0 Å². The number of carboxylic acids is 1. The predicted molar refractivity (Wildman–Crippen MR) is 77.7 cm³/mol. The number of rotatable bonds is 6. The zero-order valence-corrected chi connectivity index (χ0v) is 13.0. The number of nitrogens with one attached hydrogen (secondary N) is 2. The lowest BCUT2D eigenvalue weighted by molar-refractivity contribution is -0.139. The van der Waals surface area contributed by atoms with Crippen molar-refractivity contribution in [2.24, 2.45) is 5.92 Å². The molecule has 1 atom stereocenters. The highest BCUT2D eigenvalue weighted by molar-refractivity contribution is 7.09. The number of amides is 2. The van der Waals surface area contributed by atoms with Gasteiger partial charge in [-0.1, -0.05) is 13.8 Å². The van der Waals surface area contributed by atoms with E-state index in [2.05, 4.69) is 15.6 Å². The first-order valence-electron chi connectivity index (χ1n) is 6.44. The highest BCUT2D eigenvalue weighted by Gasteiger charge is 2.28. The monoisotopic (exact) mass is 299 g/mol. The molecule has 0 aliphatic carbocycles. The fourth-order valence-corrected chi connectivity index (χ4v) is 2.47. The minimum absolute atomic E-state index is 0.184. The molecule has 1 unspecified atom stereocenters. The Morgan fingerprint density at radius 3 is 2.55 bits per heavy atom. The average molecular weight is 299 g/mol. The van der Waals surface area contributed by atoms with Crippen LogP contribution in [0.1, 0.15) is 39.1 Å². The van der Waals surface area contributed by atoms with E-state index in [-0.39, 0.29) is 5.92 Å². The molecule has 0 aromatic carbocycles. The lowest BCUT2D eigenvalue weighted by atomic mass is 10.0. The second kappa shape index (κ2) is 6.69. The predicted octanol–water partition coefficient (Wildman–Crippen LogP) is 2.18. The Morgan fingerprint density at radius 2 is 2.10 bits per heavy atom. The van der Waals surface area contributed by atoms with E-state index < -0.39 is 23.6 Å². The Labute approximate surface area is 122 Å². The lowest BCUT2D eigenvalue weighted by Crippen LogP contribution is -2.51. The molecule has 0 saturated heterocycles. The second-order valence-corrected chi connectivity index (χ2v) is 6.48. The SMILES string of the molecule is CC(C)CC(NC(=O)NC(C)(C)c1nccs1)C(=O)O. The minimum atomic E-state index is -1.03. The summed E-state index contributed by atoms with van der Waals surface area (Å²) in [6.45, 7) is 7.47. The minimum Gasteiger partial charge on any atom is -0.480 e. The van der Waals surface area contributed by atoms with E-state index in [1.807, 2.05) is 33.1 Å². The van der Waals surface area contributed by atoms with Gasteiger partial charge in [0.05, 0.1) is 5.54 Å². The van der Waals surface area contributed by atoms with Crippen LogP contribution in [0.2, 0.25) is 0 Å². The quantitative estimate of drug-likeness (QED) is 0.750. The first-order valence-corrected chi connectivity index (χ1v) is 7.32. The molecule has 0 aliphatic rings. The van der Waals surface area contributed by atoms with Crippen LogP contribution in [0.4, 0.5) is 4.79 Å². The molecule has 0 radical (unpaired) electrons. The van der Waals surface area contributed by atoms with Crippen LogP contribution in [0, 0.1) is 5.92 Å². The maximum absolute atomic E-state index is 11.9. The van der Waals surface area contributed by atoms with Gasteiger partial charge in [0.15, 0.2) is 0 Å². The summed E-state index contributed by atoms with van der Waals surface area (Å²) in [6, 6.07) is -1.39. The van der Waals surface area contributed by atoms with E-state index >= 15 is 0 Å². The van der Waals surface area contributed by atoms with Crippen LogP contribution >= 0.6 is 11.3 Å². The third kappa shape index (κ3) is 4.80. The van der Waals surface area contributed by atoms with Crippen molar-refractivity contribution in [3.63, 3.8) is 0 Å². The van der Waals surface area contributed by atoms with Gasteiger partial charge in [0.2, 0.25) is 0 Å². The van der Waals surface area contributed by atoms with Crippen molar-refractivity contribution in [3.8, 4) is 0 Å². The zero-order valence-electron chi connectivity index (χ0n) is 12.1. The highest BCUT2D eigenvalue weighted by atomic mass is 32.1. The van der Waals surface area contributed by atoms with Crippen molar-refractivity contribution in [2.45, 2.75) is 45.7 Å². The van der Waals surface area contributed by atoms with Gasteiger partial charge in [0, 0.05) is 11.6 Å². The molecule has 1 heterocycles. The van der Waals surface area contributed by atoms with Gasteiger partial charge >= 0.3 is 12.0 Å².